The molecule has 2 unspecified atom stereocenters. The van der Waals surface area contributed by atoms with Crippen molar-refractivity contribution in [2.45, 2.75) is 38.0 Å². The Morgan fingerprint density at radius 1 is 1.42 bits per heavy atom. The number of nitrogens with zero attached hydrogens (tertiary/aromatic N) is 3. The van der Waals surface area contributed by atoms with E-state index in [0.717, 1.165) is 24.2 Å². The molecular formula is C18H23N3O3. The number of carbonyl (C=O) groups is 1. The van der Waals surface area contributed by atoms with Gasteiger partial charge in [0.15, 0.2) is 0 Å². The first-order chi connectivity index (χ1) is 11.5. The average Bonchev–Trinajstić information content (AvgIpc) is 3.26. The van der Waals surface area contributed by atoms with Crippen LogP contribution < -0.4 is 4.74 Å². The van der Waals surface area contributed by atoms with E-state index in [-0.39, 0.29) is 18.5 Å². The van der Waals surface area contributed by atoms with E-state index < -0.39 is 5.60 Å². The molecule has 1 aromatic heterocycles. The number of aromatic nitrogens is 2. The second kappa shape index (κ2) is 6.65. The minimum Gasteiger partial charge on any atom is -0.497 e. The first-order valence-electron chi connectivity index (χ1n) is 8.16. The lowest BCUT2D eigenvalue weighted by Crippen LogP contribution is -2.49. The summed E-state index contributed by atoms with van der Waals surface area (Å²) in [5, 5.41) is 15.2. The van der Waals surface area contributed by atoms with Crippen molar-refractivity contribution in [1.29, 1.82) is 0 Å². The number of methoxy groups -OCH3 is 1. The molecule has 1 amide bonds. The molecule has 0 aliphatic carbocycles. The summed E-state index contributed by atoms with van der Waals surface area (Å²) in [4.78, 5) is 14.4. The molecule has 1 fully saturated rings. The fourth-order valence-corrected chi connectivity index (χ4v) is 3.39. The van der Waals surface area contributed by atoms with Crippen LogP contribution in [0.1, 0.15) is 25.3 Å². The van der Waals surface area contributed by atoms with Crippen molar-refractivity contribution in [1.82, 2.24) is 14.7 Å². The van der Waals surface area contributed by atoms with E-state index in [2.05, 4.69) is 5.10 Å². The van der Waals surface area contributed by atoms with Gasteiger partial charge in [0, 0.05) is 18.9 Å². The molecule has 1 aliphatic heterocycles. The maximum absolute atomic E-state index is 12.6. The maximum Gasteiger partial charge on any atom is 0.244 e. The van der Waals surface area contributed by atoms with Gasteiger partial charge in [-0.1, -0.05) is 12.1 Å². The summed E-state index contributed by atoms with van der Waals surface area (Å²) >= 11 is 0. The monoisotopic (exact) mass is 329 g/mol. The first kappa shape index (κ1) is 16.5. The molecular weight excluding hydrogens is 306 g/mol. The number of hydrogen-bond acceptors (Lipinski definition) is 4. The number of hydrogen-bond donors (Lipinski definition) is 1. The SMILES string of the molecule is COc1ccc(C(C)(O)C2CCCN2C(=O)Cn2cccn2)cc1. The van der Waals surface area contributed by atoms with Gasteiger partial charge in [-0.3, -0.25) is 9.48 Å². The van der Waals surface area contributed by atoms with Gasteiger partial charge in [-0.15, -0.1) is 0 Å². The lowest BCUT2D eigenvalue weighted by molar-refractivity contribution is -0.138. The van der Waals surface area contributed by atoms with Crippen LogP contribution in [-0.2, 0) is 16.9 Å². The third kappa shape index (κ3) is 3.14. The summed E-state index contributed by atoms with van der Waals surface area (Å²) in [7, 11) is 1.61. The molecule has 2 aromatic rings. The summed E-state index contributed by atoms with van der Waals surface area (Å²) in [5.41, 5.74) is -0.324. The van der Waals surface area contributed by atoms with Crippen LogP contribution in [0.5, 0.6) is 5.75 Å². The molecule has 24 heavy (non-hydrogen) atoms. The van der Waals surface area contributed by atoms with Crippen molar-refractivity contribution in [3.05, 3.63) is 48.3 Å². The Morgan fingerprint density at radius 2 is 2.17 bits per heavy atom. The van der Waals surface area contributed by atoms with E-state index in [1.54, 1.807) is 42.1 Å². The van der Waals surface area contributed by atoms with Crippen LogP contribution >= 0.6 is 0 Å². The van der Waals surface area contributed by atoms with Gasteiger partial charge in [0.1, 0.15) is 17.9 Å². The molecule has 1 aromatic carbocycles. The van der Waals surface area contributed by atoms with Crippen LogP contribution in [0.2, 0.25) is 0 Å². The second-order valence-corrected chi connectivity index (χ2v) is 6.32. The predicted octanol–water partition coefficient (Wildman–Crippen LogP) is 1.79. The van der Waals surface area contributed by atoms with Crippen LogP contribution in [0.15, 0.2) is 42.7 Å². The number of ether oxygens (including phenoxy) is 1. The van der Waals surface area contributed by atoms with E-state index >= 15 is 0 Å². The normalized spacial score (nSPS) is 20.0. The average molecular weight is 329 g/mol. The summed E-state index contributed by atoms with van der Waals surface area (Å²) < 4.78 is 6.78. The Hall–Kier alpha value is -2.34. The highest BCUT2D eigenvalue weighted by atomic mass is 16.5. The second-order valence-electron chi connectivity index (χ2n) is 6.32. The van der Waals surface area contributed by atoms with Crippen LogP contribution in [0.3, 0.4) is 0 Å². The van der Waals surface area contributed by atoms with E-state index in [4.69, 9.17) is 4.74 Å². The molecule has 1 N–H and O–H groups in total. The fourth-order valence-electron chi connectivity index (χ4n) is 3.39. The van der Waals surface area contributed by atoms with Gasteiger partial charge >= 0.3 is 0 Å². The summed E-state index contributed by atoms with van der Waals surface area (Å²) in [6.07, 6.45) is 5.10. The molecule has 0 radical (unpaired) electrons. The number of benzene rings is 1. The minimum atomic E-state index is -1.11. The smallest absolute Gasteiger partial charge is 0.244 e. The molecule has 3 rings (SSSR count). The number of aliphatic hydroxyl groups is 1. The third-order valence-electron chi connectivity index (χ3n) is 4.75. The first-order valence-corrected chi connectivity index (χ1v) is 8.16. The van der Waals surface area contributed by atoms with Gasteiger partial charge < -0.3 is 14.7 Å². The molecule has 1 saturated heterocycles. The summed E-state index contributed by atoms with van der Waals surface area (Å²) in [6, 6.07) is 8.92. The van der Waals surface area contributed by atoms with E-state index in [0.29, 0.717) is 6.54 Å². The van der Waals surface area contributed by atoms with Crippen LogP contribution in [0.4, 0.5) is 0 Å². The van der Waals surface area contributed by atoms with Gasteiger partial charge in [0.2, 0.25) is 5.91 Å². The Kier molecular flexibility index (Phi) is 4.57. The molecule has 0 saturated carbocycles. The highest BCUT2D eigenvalue weighted by Gasteiger charge is 2.42. The maximum atomic E-state index is 12.6. The molecule has 0 spiro atoms. The topological polar surface area (TPSA) is 67.6 Å². The molecule has 0 bridgehead atoms. The number of rotatable bonds is 5. The van der Waals surface area contributed by atoms with Gasteiger partial charge in [-0.05, 0) is 43.5 Å². The molecule has 2 atom stereocenters. The van der Waals surface area contributed by atoms with Crippen molar-refractivity contribution in [2.24, 2.45) is 0 Å². The fraction of sp³-hybridized carbons (Fsp3) is 0.444. The molecule has 2 heterocycles. The number of carbonyl (C=O) groups excluding carboxylic acids is 1. The standard InChI is InChI=1S/C18H23N3O3/c1-18(23,14-6-8-15(24-2)9-7-14)16-5-3-12-21(16)17(22)13-20-11-4-10-19-20/h4,6-11,16,23H,3,5,12-13H2,1-2H3. The zero-order chi connectivity index (χ0) is 17.2. The molecule has 1 aliphatic rings. The van der Waals surface area contributed by atoms with E-state index in [1.165, 1.54) is 0 Å². The number of amides is 1. The van der Waals surface area contributed by atoms with Crippen LogP contribution in [-0.4, -0.2) is 45.4 Å². The Bertz CT molecular complexity index is 680. The Balaban J connectivity index is 1.78. The van der Waals surface area contributed by atoms with E-state index in [1.807, 2.05) is 24.3 Å². The molecule has 128 valence electrons. The van der Waals surface area contributed by atoms with Gasteiger partial charge in [0.25, 0.3) is 0 Å². The van der Waals surface area contributed by atoms with Crippen molar-refractivity contribution in [2.75, 3.05) is 13.7 Å². The minimum absolute atomic E-state index is 0.0185. The van der Waals surface area contributed by atoms with Crippen molar-refractivity contribution in [3.8, 4) is 5.75 Å². The zero-order valence-electron chi connectivity index (χ0n) is 14.1. The van der Waals surface area contributed by atoms with Gasteiger partial charge in [-0.2, -0.15) is 5.10 Å². The lowest BCUT2D eigenvalue weighted by atomic mass is 9.86. The van der Waals surface area contributed by atoms with E-state index in [9.17, 15) is 9.90 Å². The summed E-state index contributed by atoms with van der Waals surface area (Å²) in [5.74, 6) is 0.725. The highest BCUT2D eigenvalue weighted by molar-refractivity contribution is 5.76. The lowest BCUT2D eigenvalue weighted by Gasteiger charge is -2.37. The van der Waals surface area contributed by atoms with Gasteiger partial charge in [-0.25, -0.2) is 0 Å². The third-order valence-corrected chi connectivity index (χ3v) is 4.75. The Morgan fingerprint density at radius 3 is 2.79 bits per heavy atom. The van der Waals surface area contributed by atoms with Crippen LogP contribution in [0.25, 0.3) is 0 Å². The largest absolute Gasteiger partial charge is 0.497 e. The zero-order valence-corrected chi connectivity index (χ0v) is 14.1. The predicted molar refractivity (Wildman–Crippen MR) is 89.5 cm³/mol. The number of likely N-dealkylation sites (tertiary alicyclic amines) is 1. The summed E-state index contributed by atoms with van der Waals surface area (Å²) in [6.45, 7) is 2.64. The quantitative estimate of drug-likeness (QED) is 0.908. The molecule has 6 heteroatoms. The molecule has 6 nitrogen and oxygen atoms in total. The van der Waals surface area contributed by atoms with Crippen molar-refractivity contribution < 1.29 is 14.6 Å². The van der Waals surface area contributed by atoms with Crippen molar-refractivity contribution in [3.63, 3.8) is 0 Å². The van der Waals surface area contributed by atoms with Crippen LogP contribution in [0, 0.1) is 0 Å². The highest BCUT2D eigenvalue weighted by Crippen LogP contribution is 2.35. The Labute approximate surface area is 141 Å². The van der Waals surface area contributed by atoms with Crippen molar-refractivity contribution >= 4 is 5.91 Å². The van der Waals surface area contributed by atoms with Gasteiger partial charge in [0.05, 0.1) is 13.2 Å².